The highest BCUT2D eigenvalue weighted by Crippen LogP contribution is 2.36. The molecule has 1 saturated carbocycles. The van der Waals surface area contributed by atoms with E-state index in [-0.39, 0.29) is 11.8 Å². The van der Waals surface area contributed by atoms with Crippen LogP contribution in [0.5, 0.6) is 11.5 Å². The minimum Gasteiger partial charge on any atom is -0.493 e. The number of hydrogen-bond donors (Lipinski definition) is 2. The van der Waals surface area contributed by atoms with Crippen LogP contribution < -0.4 is 20.1 Å². The largest absolute Gasteiger partial charge is 0.493 e. The lowest BCUT2D eigenvalue weighted by molar-refractivity contribution is 0.0950. The van der Waals surface area contributed by atoms with Crippen LogP contribution in [0.25, 0.3) is 0 Å². The van der Waals surface area contributed by atoms with Gasteiger partial charge >= 0.3 is 0 Å². The van der Waals surface area contributed by atoms with E-state index < -0.39 is 0 Å². The Labute approximate surface area is 162 Å². The van der Waals surface area contributed by atoms with Gasteiger partial charge in [0, 0.05) is 22.9 Å². The molecule has 0 atom stereocenters. The minimum atomic E-state index is -0.339. The van der Waals surface area contributed by atoms with Crippen molar-refractivity contribution in [1.82, 2.24) is 5.32 Å². The van der Waals surface area contributed by atoms with E-state index in [9.17, 15) is 9.59 Å². The summed E-state index contributed by atoms with van der Waals surface area (Å²) in [6.07, 6.45) is 2.07. The lowest BCUT2D eigenvalue weighted by Gasteiger charge is -2.13. The number of rotatable bonds is 7. The van der Waals surface area contributed by atoms with E-state index in [2.05, 4.69) is 10.6 Å². The van der Waals surface area contributed by atoms with Gasteiger partial charge in [-0.3, -0.25) is 9.59 Å². The molecule has 2 aromatic rings. The van der Waals surface area contributed by atoms with Crippen LogP contribution in [0, 0.1) is 0 Å². The number of carbonyl (C=O) groups excluding carboxylic acids is 2. The van der Waals surface area contributed by atoms with Crippen molar-refractivity contribution < 1.29 is 19.1 Å². The zero-order valence-corrected chi connectivity index (χ0v) is 15.9. The van der Waals surface area contributed by atoms with Gasteiger partial charge in [-0.05, 0) is 56.2 Å². The molecule has 142 valence electrons. The molecule has 0 aliphatic heterocycles. The summed E-state index contributed by atoms with van der Waals surface area (Å²) >= 11 is 6.21. The molecular formula is C20H21ClN2O4. The number of ether oxygens (including phenoxy) is 2. The van der Waals surface area contributed by atoms with Crippen LogP contribution in [0.3, 0.4) is 0 Å². The molecule has 0 heterocycles. The van der Waals surface area contributed by atoms with Gasteiger partial charge in [0.2, 0.25) is 0 Å². The van der Waals surface area contributed by atoms with Crippen molar-refractivity contribution in [2.24, 2.45) is 0 Å². The van der Waals surface area contributed by atoms with E-state index in [1.54, 1.807) is 30.3 Å². The van der Waals surface area contributed by atoms with Crippen LogP contribution in [-0.4, -0.2) is 31.6 Å². The summed E-state index contributed by atoms with van der Waals surface area (Å²) in [6, 6.07) is 10.1. The molecule has 0 unspecified atom stereocenters. The van der Waals surface area contributed by atoms with Crippen molar-refractivity contribution in [3.8, 4) is 11.5 Å². The van der Waals surface area contributed by atoms with Crippen LogP contribution in [0.4, 0.5) is 5.69 Å². The molecular weight excluding hydrogens is 368 g/mol. The Morgan fingerprint density at radius 3 is 2.41 bits per heavy atom. The van der Waals surface area contributed by atoms with Gasteiger partial charge in [0.15, 0.2) is 11.5 Å². The number of carbonyl (C=O) groups is 2. The molecule has 0 spiro atoms. The number of halogens is 1. The van der Waals surface area contributed by atoms with Crippen molar-refractivity contribution in [3.63, 3.8) is 0 Å². The maximum absolute atomic E-state index is 12.5. The van der Waals surface area contributed by atoms with E-state index >= 15 is 0 Å². The first-order valence-electron chi connectivity index (χ1n) is 8.74. The fourth-order valence-corrected chi connectivity index (χ4v) is 2.81. The third-order valence-electron chi connectivity index (χ3n) is 4.10. The van der Waals surface area contributed by atoms with Gasteiger partial charge in [-0.1, -0.05) is 11.6 Å². The van der Waals surface area contributed by atoms with E-state index in [1.807, 2.05) is 6.92 Å². The Morgan fingerprint density at radius 2 is 1.81 bits per heavy atom. The van der Waals surface area contributed by atoms with Crippen LogP contribution in [0.15, 0.2) is 36.4 Å². The second kappa shape index (κ2) is 8.31. The number of methoxy groups -OCH3 is 1. The Bertz CT molecular complexity index is 848. The van der Waals surface area contributed by atoms with E-state index in [0.717, 1.165) is 12.8 Å². The zero-order chi connectivity index (χ0) is 19.4. The summed E-state index contributed by atoms with van der Waals surface area (Å²) in [7, 11) is 1.49. The molecule has 1 fully saturated rings. The van der Waals surface area contributed by atoms with Crippen molar-refractivity contribution in [2.45, 2.75) is 25.8 Å². The number of amides is 2. The molecule has 0 bridgehead atoms. The first-order valence-corrected chi connectivity index (χ1v) is 9.12. The van der Waals surface area contributed by atoms with Crippen LogP contribution in [0.1, 0.15) is 40.5 Å². The Hall–Kier alpha value is -2.73. The van der Waals surface area contributed by atoms with Crippen LogP contribution in [0.2, 0.25) is 5.02 Å². The normalized spacial score (nSPS) is 13.0. The second-order valence-electron chi connectivity index (χ2n) is 6.20. The van der Waals surface area contributed by atoms with Gasteiger partial charge in [0.1, 0.15) is 0 Å². The molecule has 6 nitrogen and oxygen atoms in total. The first kappa shape index (κ1) is 19.0. The predicted molar refractivity (Wildman–Crippen MR) is 104 cm³/mol. The molecule has 2 amide bonds. The van der Waals surface area contributed by atoms with Gasteiger partial charge in [-0.25, -0.2) is 0 Å². The van der Waals surface area contributed by atoms with E-state index in [1.165, 1.54) is 13.2 Å². The summed E-state index contributed by atoms with van der Waals surface area (Å²) < 4.78 is 10.7. The zero-order valence-electron chi connectivity index (χ0n) is 15.2. The standard InChI is InChI=1S/C20H21ClN2O4/c1-3-27-18-16(21)10-13(11-17(18)26-2)20(25)23-14-6-4-12(5-7-14)19(24)22-15-8-9-15/h4-7,10-11,15H,3,8-9H2,1-2H3,(H,22,24)(H,23,25). The topological polar surface area (TPSA) is 76.7 Å². The van der Waals surface area contributed by atoms with Crippen LogP contribution in [-0.2, 0) is 0 Å². The first-order chi connectivity index (χ1) is 13.0. The maximum atomic E-state index is 12.5. The van der Waals surface area contributed by atoms with Crippen molar-refractivity contribution >= 4 is 29.1 Å². The average molecular weight is 389 g/mol. The molecule has 0 radical (unpaired) electrons. The van der Waals surface area contributed by atoms with Gasteiger partial charge in [0.05, 0.1) is 18.7 Å². The summed E-state index contributed by atoms with van der Waals surface area (Å²) in [5.74, 6) is 0.359. The number of hydrogen-bond acceptors (Lipinski definition) is 4. The van der Waals surface area contributed by atoms with Gasteiger partial charge in [-0.2, -0.15) is 0 Å². The molecule has 0 saturated heterocycles. The highest BCUT2D eigenvalue weighted by molar-refractivity contribution is 6.32. The fourth-order valence-electron chi connectivity index (χ4n) is 2.54. The van der Waals surface area contributed by atoms with Gasteiger partial charge < -0.3 is 20.1 Å². The van der Waals surface area contributed by atoms with Crippen LogP contribution >= 0.6 is 11.6 Å². The average Bonchev–Trinajstić information content (AvgIpc) is 3.47. The Kier molecular flexibility index (Phi) is 5.86. The summed E-state index contributed by atoms with van der Waals surface area (Å²) in [5.41, 5.74) is 1.48. The molecule has 7 heteroatoms. The molecule has 27 heavy (non-hydrogen) atoms. The molecule has 2 aromatic carbocycles. The minimum absolute atomic E-state index is 0.0987. The molecule has 3 rings (SSSR count). The summed E-state index contributed by atoms with van der Waals surface area (Å²) in [6.45, 7) is 2.27. The smallest absolute Gasteiger partial charge is 0.255 e. The lowest BCUT2D eigenvalue weighted by atomic mass is 10.1. The predicted octanol–water partition coefficient (Wildman–Crippen LogP) is 3.89. The second-order valence-corrected chi connectivity index (χ2v) is 6.61. The SMILES string of the molecule is CCOc1c(Cl)cc(C(=O)Nc2ccc(C(=O)NC3CC3)cc2)cc1OC. The van der Waals surface area contributed by atoms with Crippen molar-refractivity contribution in [1.29, 1.82) is 0 Å². The monoisotopic (exact) mass is 388 g/mol. The lowest BCUT2D eigenvalue weighted by Crippen LogP contribution is -2.25. The number of anilines is 1. The molecule has 0 aromatic heterocycles. The summed E-state index contributed by atoms with van der Waals surface area (Å²) in [4.78, 5) is 24.5. The fraction of sp³-hybridized carbons (Fsp3) is 0.300. The summed E-state index contributed by atoms with van der Waals surface area (Å²) in [5, 5.41) is 6.01. The van der Waals surface area contributed by atoms with Gasteiger partial charge in [0.25, 0.3) is 11.8 Å². The van der Waals surface area contributed by atoms with E-state index in [4.69, 9.17) is 21.1 Å². The van der Waals surface area contributed by atoms with Gasteiger partial charge in [-0.15, -0.1) is 0 Å². The maximum Gasteiger partial charge on any atom is 0.255 e. The number of nitrogens with one attached hydrogen (secondary N) is 2. The number of benzene rings is 2. The van der Waals surface area contributed by atoms with Crippen molar-refractivity contribution in [3.05, 3.63) is 52.5 Å². The van der Waals surface area contributed by atoms with E-state index in [0.29, 0.717) is 46.0 Å². The highest BCUT2D eigenvalue weighted by Gasteiger charge is 2.23. The highest BCUT2D eigenvalue weighted by atomic mass is 35.5. The quantitative estimate of drug-likeness (QED) is 0.754. The molecule has 2 N–H and O–H groups in total. The third kappa shape index (κ3) is 4.71. The Morgan fingerprint density at radius 1 is 1.11 bits per heavy atom. The third-order valence-corrected chi connectivity index (χ3v) is 4.38. The van der Waals surface area contributed by atoms with Crippen molar-refractivity contribution in [2.75, 3.05) is 19.0 Å². The molecule has 1 aliphatic carbocycles. The Balaban J connectivity index is 1.71. The molecule has 1 aliphatic rings.